The van der Waals surface area contributed by atoms with Crippen molar-refractivity contribution in [1.29, 1.82) is 0 Å². The van der Waals surface area contributed by atoms with E-state index < -0.39 is 5.97 Å². The third-order valence-corrected chi connectivity index (χ3v) is 6.08. The molecule has 0 amide bonds. The van der Waals surface area contributed by atoms with E-state index >= 15 is 0 Å². The number of fused-ring (bicyclic) bond motifs is 1. The highest BCUT2D eigenvalue weighted by molar-refractivity contribution is 7.21. The molecule has 7 nitrogen and oxygen atoms in total. The zero-order chi connectivity index (χ0) is 22.3. The minimum atomic E-state index is -1.15. The highest BCUT2D eigenvalue weighted by Gasteiger charge is 2.26. The van der Waals surface area contributed by atoms with Gasteiger partial charge in [0.15, 0.2) is 0 Å². The van der Waals surface area contributed by atoms with E-state index in [0.29, 0.717) is 38.4 Å². The predicted molar refractivity (Wildman–Crippen MR) is 119 cm³/mol. The Labute approximate surface area is 181 Å². The van der Waals surface area contributed by atoms with Crippen LogP contribution in [0.1, 0.15) is 31.3 Å². The van der Waals surface area contributed by atoms with Crippen molar-refractivity contribution in [3.05, 3.63) is 70.2 Å². The molecular weight excluding hydrogens is 416 g/mol. The molecule has 2 heterocycles. The third-order valence-electron chi connectivity index (χ3n) is 4.99. The topological polar surface area (TPSA) is 123 Å². The van der Waals surface area contributed by atoms with Gasteiger partial charge in [-0.1, -0.05) is 12.1 Å². The Bertz CT molecular complexity index is 1330. The SMILES string of the molecule is COc1ccc(C(=O)c2sc3nc(C)c(C(=O)O)c(-c4ccc(O)cc4)c3c2N)cc1. The fourth-order valence-corrected chi connectivity index (χ4v) is 4.60. The number of carbonyl (C=O) groups is 2. The first kappa shape index (κ1) is 20.4. The first-order valence-corrected chi connectivity index (χ1v) is 10.1. The number of methoxy groups -OCH3 is 1. The predicted octanol–water partition coefficient (Wildman–Crippen LogP) is 4.50. The van der Waals surface area contributed by atoms with Crippen LogP contribution in [0.25, 0.3) is 21.3 Å². The molecule has 4 N–H and O–H groups in total. The first-order valence-electron chi connectivity index (χ1n) is 9.25. The highest BCUT2D eigenvalue weighted by Crippen LogP contribution is 2.43. The van der Waals surface area contributed by atoms with E-state index in [4.69, 9.17) is 10.5 Å². The number of hydrogen-bond donors (Lipinski definition) is 3. The Hall–Kier alpha value is -3.91. The van der Waals surface area contributed by atoms with Crippen LogP contribution in [0.3, 0.4) is 0 Å². The van der Waals surface area contributed by atoms with Gasteiger partial charge in [-0.05, 0) is 48.9 Å². The monoisotopic (exact) mass is 434 g/mol. The van der Waals surface area contributed by atoms with E-state index in [-0.39, 0.29) is 27.7 Å². The molecule has 0 saturated heterocycles. The number of phenols is 1. The standard InChI is InChI=1S/C23H18N2O5S/c1-11-16(23(28)29)17(12-3-7-14(26)8-4-12)18-19(24)21(31-22(18)25-11)20(27)13-5-9-15(30-2)10-6-13/h3-10,26H,24H2,1-2H3,(H,28,29). The van der Waals surface area contributed by atoms with Crippen molar-refractivity contribution in [2.45, 2.75) is 6.92 Å². The number of carboxylic acid groups (broad SMARTS) is 1. The number of hydrogen-bond acceptors (Lipinski definition) is 7. The number of rotatable bonds is 5. The second kappa shape index (κ2) is 7.73. The van der Waals surface area contributed by atoms with Crippen LogP contribution >= 0.6 is 11.3 Å². The average molecular weight is 434 g/mol. The van der Waals surface area contributed by atoms with E-state index in [1.165, 1.54) is 12.1 Å². The Morgan fingerprint density at radius 2 is 1.71 bits per heavy atom. The lowest BCUT2D eigenvalue weighted by atomic mass is 9.95. The maximum absolute atomic E-state index is 13.1. The number of nitrogens with two attached hydrogens (primary N) is 1. The number of aromatic nitrogens is 1. The Kier molecular flexibility index (Phi) is 5.08. The van der Waals surface area contributed by atoms with Crippen molar-refractivity contribution >= 4 is 39.0 Å². The number of thiophene rings is 1. The maximum Gasteiger partial charge on any atom is 0.338 e. The van der Waals surface area contributed by atoms with Crippen LogP contribution < -0.4 is 10.5 Å². The van der Waals surface area contributed by atoms with E-state index in [1.807, 2.05) is 0 Å². The number of carboxylic acids is 1. The fraction of sp³-hybridized carbons (Fsp3) is 0.0870. The van der Waals surface area contributed by atoms with Crippen molar-refractivity contribution < 1.29 is 24.5 Å². The largest absolute Gasteiger partial charge is 0.508 e. The van der Waals surface area contributed by atoms with Gasteiger partial charge in [-0.15, -0.1) is 11.3 Å². The normalized spacial score (nSPS) is 10.9. The zero-order valence-electron chi connectivity index (χ0n) is 16.7. The lowest BCUT2D eigenvalue weighted by molar-refractivity contribution is 0.0696. The number of phenolic OH excluding ortho intramolecular Hbond substituents is 1. The number of pyridine rings is 1. The van der Waals surface area contributed by atoms with Gasteiger partial charge in [0, 0.05) is 16.5 Å². The molecule has 8 heteroatoms. The molecule has 2 aromatic heterocycles. The summed E-state index contributed by atoms with van der Waals surface area (Å²) in [6, 6.07) is 12.8. The van der Waals surface area contributed by atoms with E-state index in [9.17, 15) is 19.8 Å². The van der Waals surface area contributed by atoms with Gasteiger partial charge in [0.1, 0.15) is 21.2 Å². The number of nitrogens with zero attached hydrogens (tertiary/aromatic N) is 1. The minimum absolute atomic E-state index is 0.00568. The number of benzene rings is 2. The van der Waals surface area contributed by atoms with Crippen LogP contribution in [0.4, 0.5) is 5.69 Å². The number of aromatic carboxylic acids is 1. The molecule has 31 heavy (non-hydrogen) atoms. The molecule has 0 unspecified atom stereocenters. The maximum atomic E-state index is 13.1. The molecule has 0 aliphatic carbocycles. The fourth-order valence-electron chi connectivity index (χ4n) is 3.49. The van der Waals surface area contributed by atoms with E-state index in [1.54, 1.807) is 50.4 Å². The third kappa shape index (κ3) is 3.47. The summed E-state index contributed by atoms with van der Waals surface area (Å²) >= 11 is 1.12. The zero-order valence-corrected chi connectivity index (χ0v) is 17.5. The minimum Gasteiger partial charge on any atom is -0.508 e. The number of aryl methyl sites for hydroxylation is 1. The lowest BCUT2D eigenvalue weighted by Gasteiger charge is -2.12. The van der Waals surface area contributed by atoms with Gasteiger partial charge in [0.05, 0.1) is 24.1 Å². The molecule has 4 aromatic rings. The average Bonchev–Trinajstić information content (AvgIpc) is 3.08. The number of ketones is 1. The molecule has 0 bridgehead atoms. The van der Waals surface area contributed by atoms with Gasteiger partial charge < -0.3 is 20.7 Å². The van der Waals surface area contributed by atoms with E-state index in [0.717, 1.165) is 11.3 Å². The first-order chi connectivity index (χ1) is 14.8. The van der Waals surface area contributed by atoms with Crippen LogP contribution in [0.5, 0.6) is 11.5 Å². The van der Waals surface area contributed by atoms with Crippen molar-refractivity contribution in [3.63, 3.8) is 0 Å². The number of anilines is 1. The van der Waals surface area contributed by atoms with Crippen LogP contribution in [-0.2, 0) is 0 Å². The molecule has 2 aromatic carbocycles. The second-order valence-corrected chi connectivity index (χ2v) is 7.88. The summed E-state index contributed by atoms with van der Waals surface area (Å²) in [6.45, 7) is 1.60. The quantitative estimate of drug-likeness (QED) is 0.395. The van der Waals surface area contributed by atoms with E-state index in [2.05, 4.69) is 4.98 Å². The summed E-state index contributed by atoms with van der Waals surface area (Å²) < 4.78 is 5.13. The molecule has 4 rings (SSSR count). The van der Waals surface area contributed by atoms with Crippen LogP contribution in [0.15, 0.2) is 48.5 Å². The van der Waals surface area contributed by atoms with Crippen LogP contribution in [0.2, 0.25) is 0 Å². The highest BCUT2D eigenvalue weighted by atomic mass is 32.1. The van der Waals surface area contributed by atoms with Crippen molar-refractivity contribution in [2.24, 2.45) is 0 Å². The van der Waals surface area contributed by atoms with Gasteiger partial charge in [-0.3, -0.25) is 4.79 Å². The summed E-state index contributed by atoms with van der Waals surface area (Å²) in [5.41, 5.74) is 8.26. The second-order valence-electron chi connectivity index (χ2n) is 6.88. The number of nitrogen functional groups attached to an aromatic ring is 1. The number of aromatic hydroxyl groups is 1. The smallest absolute Gasteiger partial charge is 0.338 e. The molecule has 0 spiro atoms. The van der Waals surface area contributed by atoms with Crippen molar-refractivity contribution in [1.82, 2.24) is 4.98 Å². The van der Waals surface area contributed by atoms with Crippen LogP contribution in [-0.4, -0.2) is 34.1 Å². The van der Waals surface area contributed by atoms with Crippen LogP contribution in [0, 0.1) is 6.92 Å². The van der Waals surface area contributed by atoms with Gasteiger partial charge >= 0.3 is 5.97 Å². The summed E-state index contributed by atoms with van der Waals surface area (Å²) in [7, 11) is 1.54. The summed E-state index contributed by atoms with van der Waals surface area (Å²) in [5, 5.41) is 19.9. The molecule has 0 radical (unpaired) electrons. The molecule has 0 saturated carbocycles. The van der Waals surface area contributed by atoms with Crippen molar-refractivity contribution in [2.75, 3.05) is 12.8 Å². The molecule has 0 aliphatic heterocycles. The molecule has 0 aliphatic rings. The molecular formula is C23H18N2O5S. The Balaban J connectivity index is 1.98. The lowest BCUT2D eigenvalue weighted by Crippen LogP contribution is -2.06. The summed E-state index contributed by atoms with van der Waals surface area (Å²) in [4.78, 5) is 30.4. The van der Waals surface area contributed by atoms with Gasteiger partial charge in [-0.2, -0.15) is 0 Å². The molecule has 0 atom stereocenters. The van der Waals surface area contributed by atoms with Crippen molar-refractivity contribution in [3.8, 4) is 22.6 Å². The summed E-state index contributed by atoms with van der Waals surface area (Å²) in [5.74, 6) is -0.756. The number of carbonyl (C=O) groups excluding carboxylic acids is 1. The summed E-state index contributed by atoms with van der Waals surface area (Å²) in [6.07, 6.45) is 0. The Morgan fingerprint density at radius 1 is 1.06 bits per heavy atom. The molecule has 0 fully saturated rings. The number of ether oxygens (including phenoxy) is 1. The van der Waals surface area contributed by atoms with Gasteiger partial charge in [-0.25, -0.2) is 9.78 Å². The van der Waals surface area contributed by atoms with Gasteiger partial charge in [0.2, 0.25) is 5.78 Å². The van der Waals surface area contributed by atoms with Gasteiger partial charge in [0.25, 0.3) is 0 Å². The molecule has 156 valence electrons. The Morgan fingerprint density at radius 3 is 2.29 bits per heavy atom.